The van der Waals surface area contributed by atoms with E-state index in [9.17, 15) is 19.4 Å². The van der Waals surface area contributed by atoms with Crippen LogP contribution in [0.1, 0.15) is 316 Å². The Morgan fingerprint density at radius 3 is 1.16 bits per heavy atom. The maximum Gasteiger partial charge on any atom is 0.268 e. The van der Waals surface area contributed by atoms with Crippen LogP contribution in [0.15, 0.2) is 60.8 Å². The summed E-state index contributed by atoms with van der Waals surface area (Å²) in [5.74, 6) is -0.160. The van der Waals surface area contributed by atoms with Gasteiger partial charge in [0.1, 0.15) is 13.2 Å². The number of rotatable bonds is 61. The van der Waals surface area contributed by atoms with Gasteiger partial charge in [0.05, 0.1) is 39.9 Å². The molecule has 0 spiro atoms. The smallest absolute Gasteiger partial charge is 0.268 e. The Labute approximate surface area is 479 Å². The Morgan fingerprint density at radius 2 is 0.792 bits per heavy atom. The number of aliphatic hydroxyl groups excluding tert-OH is 1. The monoisotopic (exact) mass is 1100 g/mol. The Hall–Kier alpha value is -1.80. The van der Waals surface area contributed by atoms with Crippen molar-refractivity contribution in [2.24, 2.45) is 0 Å². The highest BCUT2D eigenvalue weighted by Crippen LogP contribution is 2.38. The number of nitrogens with one attached hydrogen (secondary N) is 1. The number of hydrogen-bond donors (Lipinski definition) is 2. The fourth-order valence-electron chi connectivity index (χ4n) is 9.89. The van der Waals surface area contributed by atoms with Crippen LogP contribution in [-0.2, 0) is 18.4 Å². The van der Waals surface area contributed by atoms with Gasteiger partial charge < -0.3 is 28.8 Å². The van der Waals surface area contributed by atoms with E-state index in [1.807, 2.05) is 21.1 Å². The average molecular weight is 1100 g/mol. The SMILES string of the molecule is CC/C=C\C/C=C\C/C=C\C/C=C\C/C=C\CCCCCCCCCCCCCCCCCCCCCC(=O)NC(COP(=O)([O-])OCC[N+](C)(C)C)C(O)CCCCCCCCCCCCCCCCCCCCCC. The molecule has 0 aromatic heterocycles. The van der Waals surface area contributed by atoms with Crippen LogP contribution >= 0.6 is 7.82 Å². The minimum absolute atomic E-state index is 0.0130. The molecule has 0 fully saturated rings. The summed E-state index contributed by atoms with van der Waals surface area (Å²) in [4.78, 5) is 25.6. The average Bonchev–Trinajstić information content (AvgIpc) is 3.39. The molecule has 0 aromatic carbocycles. The van der Waals surface area contributed by atoms with Crippen molar-refractivity contribution in [2.45, 2.75) is 328 Å². The van der Waals surface area contributed by atoms with Gasteiger partial charge in [-0.05, 0) is 57.8 Å². The van der Waals surface area contributed by atoms with Crippen molar-refractivity contribution in [1.29, 1.82) is 0 Å². The molecule has 0 aromatic rings. The summed E-state index contributed by atoms with van der Waals surface area (Å²) in [6.07, 6.45) is 79.9. The van der Waals surface area contributed by atoms with Crippen molar-refractivity contribution in [3.63, 3.8) is 0 Å². The second kappa shape index (κ2) is 58.8. The molecule has 1 amide bonds. The summed E-state index contributed by atoms with van der Waals surface area (Å²) in [6, 6.07) is -0.802. The molecule has 3 atom stereocenters. The lowest BCUT2D eigenvalue weighted by Crippen LogP contribution is -2.46. The standard InChI is InChI=1S/C68H129N2O6P/c1-6-8-10-12-14-16-18-20-22-24-26-28-29-30-31-32-33-34-35-36-37-38-39-40-41-42-44-46-48-50-52-54-56-58-60-62-68(72)69-66(65-76-77(73,74)75-64-63-70(3,4)5)67(71)61-59-57-55-53-51-49-47-45-43-27-25-23-21-19-17-15-13-11-9-7-2/h8,10,14,16,20,22,26,28,30-31,66-67,71H,6-7,9,11-13,15,17-19,21,23-25,27,29,32-65H2,1-5H3,(H-,69,72,73,74)/b10-8-,16-14-,22-20-,28-26-,31-30-. The van der Waals surface area contributed by atoms with Gasteiger partial charge in [-0.1, -0.05) is 312 Å². The normalized spacial score (nSPS) is 14.1. The predicted molar refractivity (Wildman–Crippen MR) is 334 cm³/mol. The van der Waals surface area contributed by atoms with Gasteiger partial charge in [0, 0.05) is 6.42 Å². The third-order valence-corrected chi connectivity index (χ3v) is 16.0. The van der Waals surface area contributed by atoms with E-state index >= 15 is 0 Å². The lowest BCUT2D eigenvalue weighted by molar-refractivity contribution is -0.870. The van der Waals surface area contributed by atoms with Crippen LogP contribution in [0.5, 0.6) is 0 Å². The number of unbranched alkanes of at least 4 members (excludes halogenated alkanes) is 38. The number of phosphoric ester groups is 1. The van der Waals surface area contributed by atoms with Gasteiger partial charge in [-0.2, -0.15) is 0 Å². The highest BCUT2D eigenvalue weighted by Gasteiger charge is 2.24. The highest BCUT2D eigenvalue weighted by molar-refractivity contribution is 7.45. The Kier molecular flexibility index (Phi) is 57.5. The molecule has 77 heavy (non-hydrogen) atoms. The van der Waals surface area contributed by atoms with E-state index in [2.05, 4.69) is 79.9 Å². The topological polar surface area (TPSA) is 108 Å². The number of phosphoric acid groups is 1. The summed E-state index contributed by atoms with van der Waals surface area (Å²) in [7, 11) is 1.32. The summed E-state index contributed by atoms with van der Waals surface area (Å²) < 4.78 is 23.5. The van der Waals surface area contributed by atoms with E-state index in [0.29, 0.717) is 23.9 Å². The number of likely N-dealkylation sites (N-methyl/N-ethyl adjacent to an activating group) is 1. The molecule has 0 saturated carbocycles. The zero-order valence-corrected chi connectivity index (χ0v) is 52.6. The van der Waals surface area contributed by atoms with Gasteiger partial charge in [-0.3, -0.25) is 9.36 Å². The van der Waals surface area contributed by atoms with Crippen molar-refractivity contribution >= 4 is 13.7 Å². The molecule has 0 rings (SSSR count). The van der Waals surface area contributed by atoms with Crippen molar-refractivity contribution in [2.75, 3.05) is 40.9 Å². The molecule has 2 N–H and O–H groups in total. The van der Waals surface area contributed by atoms with Gasteiger partial charge in [0.15, 0.2) is 0 Å². The second-order valence-corrected chi connectivity index (χ2v) is 25.2. The fourth-order valence-corrected chi connectivity index (χ4v) is 10.6. The van der Waals surface area contributed by atoms with Crippen LogP contribution < -0.4 is 10.2 Å². The number of aliphatic hydroxyl groups is 1. The van der Waals surface area contributed by atoms with Crippen LogP contribution in [0.2, 0.25) is 0 Å². The summed E-state index contributed by atoms with van der Waals surface area (Å²) in [5.41, 5.74) is 0. The van der Waals surface area contributed by atoms with Crippen molar-refractivity contribution in [3.8, 4) is 0 Å². The molecule has 0 radical (unpaired) electrons. The third kappa shape index (κ3) is 61.7. The van der Waals surface area contributed by atoms with E-state index in [4.69, 9.17) is 9.05 Å². The number of carbonyl (C=O) groups is 1. The van der Waals surface area contributed by atoms with Gasteiger partial charge in [0.25, 0.3) is 7.82 Å². The van der Waals surface area contributed by atoms with Crippen LogP contribution in [0.25, 0.3) is 0 Å². The van der Waals surface area contributed by atoms with E-state index < -0.39 is 20.0 Å². The molecular weight excluding hydrogens is 972 g/mol. The van der Waals surface area contributed by atoms with Gasteiger partial charge in [-0.15, -0.1) is 0 Å². The van der Waals surface area contributed by atoms with Crippen molar-refractivity contribution in [3.05, 3.63) is 60.8 Å². The van der Waals surface area contributed by atoms with Crippen LogP contribution in [-0.4, -0.2) is 68.5 Å². The fraction of sp³-hybridized carbons (Fsp3) is 0.838. The maximum absolute atomic E-state index is 13.0. The number of allylic oxidation sites excluding steroid dienone is 10. The lowest BCUT2D eigenvalue weighted by atomic mass is 10.0. The molecule has 3 unspecified atom stereocenters. The molecular formula is C68H129N2O6P. The molecule has 0 aliphatic heterocycles. The number of nitrogens with zero attached hydrogens (tertiary/aromatic N) is 1. The lowest BCUT2D eigenvalue weighted by Gasteiger charge is -2.30. The van der Waals surface area contributed by atoms with Crippen LogP contribution in [0.3, 0.4) is 0 Å². The molecule has 452 valence electrons. The first-order valence-electron chi connectivity index (χ1n) is 33.1. The largest absolute Gasteiger partial charge is 0.756 e. The molecule has 0 bridgehead atoms. The van der Waals surface area contributed by atoms with E-state index in [-0.39, 0.29) is 19.1 Å². The molecule has 0 saturated heterocycles. The van der Waals surface area contributed by atoms with E-state index in [0.717, 1.165) is 70.6 Å². The quantitative estimate of drug-likeness (QED) is 0.0272. The first-order valence-corrected chi connectivity index (χ1v) is 34.6. The number of hydrogen-bond acceptors (Lipinski definition) is 6. The number of amides is 1. The summed E-state index contributed by atoms with van der Waals surface area (Å²) in [5, 5.41) is 14.1. The minimum atomic E-state index is -4.58. The Balaban J connectivity index is 4.00. The molecule has 9 heteroatoms. The molecule has 0 heterocycles. The Bertz CT molecular complexity index is 1440. The first kappa shape index (κ1) is 75.2. The highest BCUT2D eigenvalue weighted by atomic mass is 31.2. The zero-order chi connectivity index (χ0) is 56.3. The third-order valence-electron chi connectivity index (χ3n) is 15.0. The van der Waals surface area contributed by atoms with E-state index in [1.165, 1.54) is 218 Å². The maximum atomic E-state index is 13.0. The first-order chi connectivity index (χ1) is 37.5. The van der Waals surface area contributed by atoms with Crippen molar-refractivity contribution < 1.29 is 32.9 Å². The van der Waals surface area contributed by atoms with Gasteiger partial charge >= 0.3 is 0 Å². The Morgan fingerprint density at radius 1 is 0.468 bits per heavy atom. The predicted octanol–water partition coefficient (Wildman–Crippen LogP) is 20.2. The molecule has 8 nitrogen and oxygen atoms in total. The number of quaternary nitrogens is 1. The molecule has 0 aliphatic rings. The van der Waals surface area contributed by atoms with Gasteiger partial charge in [0.2, 0.25) is 5.91 Å². The zero-order valence-electron chi connectivity index (χ0n) is 51.7. The van der Waals surface area contributed by atoms with Crippen LogP contribution in [0.4, 0.5) is 0 Å². The van der Waals surface area contributed by atoms with Crippen LogP contribution in [0, 0.1) is 0 Å². The number of carbonyl (C=O) groups excluding carboxylic acids is 1. The summed E-state index contributed by atoms with van der Waals surface area (Å²) in [6.45, 7) is 4.65. The summed E-state index contributed by atoms with van der Waals surface area (Å²) >= 11 is 0. The minimum Gasteiger partial charge on any atom is -0.756 e. The van der Waals surface area contributed by atoms with E-state index in [1.54, 1.807) is 0 Å². The van der Waals surface area contributed by atoms with Crippen molar-refractivity contribution in [1.82, 2.24) is 5.32 Å². The molecule has 0 aliphatic carbocycles. The second-order valence-electron chi connectivity index (χ2n) is 23.8. The van der Waals surface area contributed by atoms with Gasteiger partial charge in [-0.25, -0.2) is 0 Å².